The van der Waals surface area contributed by atoms with Crippen molar-refractivity contribution in [2.45, 2.75) is 70.0 Å². The van der Waals surface area contributed by atoms with Gasteiger partial charge in [0.2, 0.25) is 0 Å². The van der Waals surface area contributed by atoms with E-state index in [-0.39, 0.29) is 12.0 Å². The summed E-state index contributed by atoms with van der Waals surface area (Å²) >= 11 is 0. The van der Waals surface area contributed by atoms with Crippen LogP contribution in [-0.2, 0) is 4.74 Å². The largest absolute Gasteiger partial charge is 0.396 e. The number of ether oxygens (including phenoxy) is 1. The summed E-state index contributed by atoms with van der Waals surface area (Å²) in [6.45, 7) is 2.07. The molecule has 0 bridgehead atoms. The van der Waals surface area contributed by atoms with Gasteiger partial charge in [0.25, 0.3) is 0 Å². The molecule has 0 amide bonds. The van der Waals surface area contributed by atoms with Crippen molar-refractivity contribution < 1.29 is 14.9 Å². The van der Waals surface area contributed by atoms with E-state index in [2.05, 4.69) is 5.32 Å². The van der Waals surface area contributed by atoms with Crippen LogP contribution in [0.3, 0.4) is 0 Å². The fourth-order valence-electron chi connectivity index (χ4n) is 3.56. The number of rotatable bonds is 8. The molecule has 3 N–H and O–H groups in total. The molecule has 20 heavy (non-hydrogen) atoms. The van der Waals surface area contributed by atoms with Crippen LogP contribution in [0.15, 0.2) is 0 Å². The van der Waals surface area contributed by atoms with Crippen molar-refractivity contribution in [1.29, 1.82) is 0 Å². The van der Waals surface area contributed by atoms with Crippen LogP contribution < -0.4 is 5.32 Å². The number of aliphatic hydroxyl groups is 2. The molecule has 0 aromatic heterocycles. The first-order valence-electron chi connectivity index (χ1n) is 8.35. The van der Waals surface area contributed by atoms with E-state index in [1.807, 2.05) is 0 Å². The van der Waals surface area contributed by atoms with Gasteiger partial charge < -0.3 is 20.3 Å². The lowest BCUT2D eigenvalue weighted by molar-refractivity contribution is -0.00759. The summed E-state index contributed by atoms with van der Waals surface area (Å²) in [5.74, 6) is 0. The normalized spacial score (nSPS) is 24.9. The fourth-order valence-corrected chi connectivity index (χ4v) is 3.56. The summed E-state index contributed by atoms with van der Waals surface area (Å²) in [7, 11) is 0. The maximum absolute atomic E-state index is 9.95. The molecule has 4 heteroatoms. The first kappa shape index (κ1) is 16.2. The van der Waals surface area contributed by atoms with Crippen LogP contribution in [0.5, 0.6) is 0 Å². The lowest BCUT2D eigenvalue weighted by Crippen LogP contribution is -2.42. The molecule has 0 aromatic rings. The van der Waals surface area contributed by atoms with Crippen LogP contribution in [0.1, 0.15) is 57.8 Å². The molecule has 2 fully saturated rings. The summed E-state index contributed by atoms with van der Waals surface area (Å²) in [4.78, 5) is 0. The van der Waals surface area contributed by atoms with Gasteiger partial charge in [-0.05, 0) is 25.7 Å². The minimum atomic E-state index is -0.435. The van der Waals surface area contributed by atoms with Gasteiger partial charge in [0, 0.05) is 25.1 Å². The number of hydrogen-bond donors (Lipinski definition) is 3. The lowest BCUT2D eigenvalue weighted by atomic mass is 9.74. The Kier molecular flexibility index (Phi) is 6.75. The van der Waals surface area contributed by atoms with E-state index in [9.17, 15) is 10.2 Å². The molecular formula is C16H31NO3. The standard InChI is InChI=1S/C16H31NO3/c18-13-16(8-4-1-5-9-16)12-17-10-14(19)11-20-15-6-2-3-7-15/h14-15,17-19H,1-13H2. The van der Waals surface area contributed by atoms with Crippen molar-refractivity contribution in [3.63, 3.8) is 0 Å². The second-order valence-electron chi connectivity index (χ2n) is 6.74. The molecule has 0 saturated heterocycles. The minimum Gasteiger partial charge on any atom is -0.396 e. The first-order valence-corrected chi connectivity index (χ1v) is 8.35. The van der Waals surface area contributed by atoms with Gasteiger partial charge >= 0.3 is 0 Å². The zero-order valence-corrected chi connectivity index (χ0v) is 12.6. The van der Waals surface area contributed by atoms with E-state index in [4.69, 9.17) is 4.74 Å². The highest BCUT2D eigenvalue weighted by atomic mass is 16.5. The average molecular weight is 285 g/mol. The Balaban J connectivity index is 1.58. The van der Waals surface area contributed by atoms with Crippen molar-refractivity contribution in [3.8, 4) is 0 Å². The smallest absolute Gasteiger partial charge is 0.0897 e. The Labute approximate surface area is 122 Å². The molecule has 0 radical (unpaired) electrons. The van der Waals surface area contributed by atoms with Crippen LogP contribution >= 0.6 is 0 Å². The van der Waals surface area contributed by atoms with Gasteiger partial charge in [0.15, 0.2) is 0 Å². The Bertz CT molecular complexity index is 260. The van der Waals surface area contributed by atoms with Gasteiger partial charge in [-0.3, -0.25) is 0 Å². The SMILES string of the molecule is OCC1(CNCC(O)COC2CCCC2)CCCCC1. The topological polar surface area (TPSA) is 61.7 Å². The van der Waals surface area contributed by atoms with E-state index < -0.39 is 6.10 Å². The van der Waals surface area contributed by atoms with E-state index in [0.717, 1.165) is 32.2 Å². The number of hydrogen-bond acceptors (Lipinski definition) is 4. The monoisotopic (exact) mass is 285 g/mol. The van der Waals surface area contributed by atoms with Gasteiger partial charge in [0.1, 0.15) is 0 Å². The van der Waals surface area contributed by atoms with Crippen LogP contribution in [-0.4, -0.2) is 48.7 Å². The zero-order valence-electron chi connectivity index (χ0n) is 12.6. The van der Waals surface area contributed by atoms with Crippen molar-refractivity contribution in [3.05, 3.63) is 0 Å². The van der Waals surface area contributed by atoms with Gasteiger partial charge in [-0.15, -0.1) is 0 Å². The Morgan fingerprint density at radius 3 is 2.45 bits per heavy atom. The van der Waals surface area contributed by atoms with Gasteiger partial charge in [0.05, 0.1) is 18.8 Å². The molecule has 1 atom stereocenters. The fraction of sp³-hybridized carbons (Fsp3) is 1.00. The van der Waals surface area contributed by atoms with E-state index in [1.54, 1.807) is 0 Å². The van der Waals surface area contributed by atoms with Crippen molar-refractivity contribution in [1.82, 2.24) is 5.32 Å². The summed E-state index contributed by atoms with van der Waals surface area (Å²) in [6, 6.07) is 0. The van der Waals surface area contributed by atoms with Crippen LogP contribution in [0.4, 0.5) is 0 Å². The van der Waals surface area contributed by atoms with Crippen LogP contribution in [0.25, 0.3) is 0 Å². The third-order valence-electron chi connectivity index (χ3n) is 4.96. The average Bonchev–Trinajstić information content (AvgIpc) is 2.99. The third kappa shape index (κ3) is 4.99. The van der Waals surface area contributed by atoms with Crippen molar-refractivity contribution in [2.24, 2.45) is 5.41 Å². The molecule has 0 aromatic carbocycles. The van der Waals surface area contributed by atoms with Gasteiger partial charge in [-0.2, -0.15) is 0 Å². The molecule has 118 valence electrons. The summed E-state index contributed by atoms with van der Waals surface area (Å²) in [5, 5.41) is 22.9. The summed E-state index contributed by atoms with van der Waals surface area (Å²) in [5.41, 5.74) is 0.0459. The molecule has 2 aliphatic rings. The van der Waals surface area contributed by atoms with E-state index >= 15 is 0 Å². The van der Waals surface area contributed by atoms with Gasteiger partial charge in [-0.1, -0.05) is 32.1 Å². The van der Waals surface area contributed by atoms with Crippen LogP contribution in [0, 0.1) is 5.41 Å². The second kappa shape index (κ2) is 8.32. The molecule has 2 aliphatic carbocycles. The van der Waals surface area contributed by atoms with Crippen molar-refractivity contribution >= 4 is 0 Å². The Morgan fingerprint density at radius 2 is 1.80 bits per heavy atom. The number of aliphatic hydroxyl groups excluding tert-OH is 2. The molecule has 4 nitrogen and oxygen atoms in total. The predicted molar refractivity (Wildman–Crippen MR) is 79.7 cm³/mol. The predicted octanol–water partition coefficient (Wildman–Crippen LogP) is 1.84. The molecule has 0 aliphatic heterocycles. The second-order valence-corrected chi connectivity index (χ2v) is 6.74. The van der Waals surface area contributed by atoms with E-state index in [0.29, 0.717) is 19.3 Å². The summed E-state index contributed by atoms with van der Waals surface area (Å²) < 4.78 is 5.72. The Hall–Kier alpha value is -0.160. The Morgan fingerprint density at radius 1 is 1.10 bits per heavy atom. The molecule has 2 saturated carbocycles. The van der Waals surface area contributed by atoms with E-state index in [1.165, 1.54) is 32.1 Å². The molecule has 1 unspecified atom stereocenters. The minimum absolute atomic E-state index is 0.0459. The first-order chi connectivity index (χ1) is 9.74. The summed E-state index contributed by atoms with van der Waals surface area (Å²) in [6.07, 6.45) is 10.7. The zero-order chi connectivity index (χ0) is 14.3. The highest BCUT2D eigenvalue weighted by molar-refractivity contribution is 4.84. The quantitative estimate of drug-likeness (QED) is 0.637. The molecule has 0 spiro atoms. The highest BCUT2D eigenvalue weighted by Gasteiger charge is 2.31. The molecule has 0 heterocycles. The van der Waals surface area contributed by atoms with Gasteiger partial charge in [-0.25, -0.2) is 0 Å². The highest BCUT2D eigenvalue weighted by Crippen LogP contribution is 2.35. The molecular weight excluding hydrogens is 254 g/mol. The molecule has 2 rings (SSSR count). The maximum atomic E-state index is 9.95. The third-order valence-corrected chi connectivity index (χ3v) is 4.96. The maximum Gasteiger partial charge on any atom is 0.0897 e. The van der Waals surface area contributed by atoms with Crippen LogP contribution in [0.2, 0.25) is 0 Å². The number of nitrogens with one attached hydrogen (secondary N) is 1. The lowest BCUT2D eigenvalue weighted by Gasteiger charge is -2.36. The van der Waals surface area contributed by atoms with Crippen molar-refractivity contribution in [2.75, 3.05) is 26.3 Å².